The predicted molar refractivity (Wildman–Crippen MR) is 82.3 cm³/mol. The third-order valence-electron chi connectivity index (χ3n) is 4.53. The molecular weight excluding hydrogens is 319 g/mol. The quantitative estimate of drug-likeness (QED) is 0.833. The Balaban J connectivity index is 1.77. The molecule has 1 saturated carbocycles. The molecule has 4 nitrogen and oxygen atoms in total. The number of alkyl halides is 3. The molecule has 128 valence electrons. The van der Waals surface area contributed by atoms with Gasteiger partial charge in [0.05, 0.1) is 17.2 Å². The number of amides is 1. The van der Waals surface area contributed by atoms with Gasteiger partial charge in [-0.25, -0.2) is 0 Å². The van der Waals surface area contributed by atoms with Crippen LogP contribution in [-0.4, -0.2) is 37.0 Å². The zero-order chi connectivity index (χ0) is 17.3. The maximum atomic E-state index is 13.1. The van der Waals surface area contributed by atoms with Crippen LogP contribution in [0.4, 0.5) is 18.9 Å². The number of anilines is 1. The Morgan fingerprint density at radius 3 is 2.54 bits per heavy atom. The minimum atomic E-state index is -4.55. The van der Waals surface area contributed by atoms with Gasteiger partial charge in [-0.05, 0) is 37.5 Å². The number of hydrogen-bond acceptors (Lipinski definition) is 3. The fourth-order valence-corrected chi connectivity index (χ4v) is 3.05. The van der Waals surface area contributed by atoms with Crippen molar-refractivity contribution in [3.63, 3.8) is 0 Å². The second kappa shape index (κ2) is 6.34. The van der Waals surface area contributed by atoms with Gasteiger partial charge in [0.1, 0.15) is 0 Å². The number of carbonyl (C=O) groups excluding carboxylic acids is 1. The molecule has 7 heteroatoms. The molecule has 0 aromatic heterocycles. The van der Waals surface area contributed by atoms with E-state index in [-0.39, 0.29) is 17.4 Å². The third kappa shape index (κ3) is 3.48. The van der Waals surface area contributed by atoms with Gasteiger partial charge in [0.25, 0.3) is 0 Å². The van der Waals surface area contributed by atoms with Crippen LogP contribution in [0.1, 0.15) is 30.4 Å². The van der Waals surface area contributed by atoms with Crippen LogP contribution in [0.5, 0.6) is 0 Å². The molecule has 1 aromatic carbocycles. The number of rotatable bonds is 2. The van der Waals surface area contributed by atoms with E-state index in [4.69, 9.17) is 5.26 Å². The normalized spacial score (nSPS) is 18.9. The lowest BCUT2D eigenvalue weighted by molar-refractivity contribution is -0.137. The van der Waals surface area contributed by atoms with Crippen LogP contribution in [0.15, 0.2) is 18.2 Å². The van der Waals surface area contributed by atoms with Crippen molar-refractivity contribution < 1.29 is 18.0 Å². The summed E-state index contributed by atoms with van der Waals surface area (Å²) in [7, 11) is 0. The average Bonchev–Trinajstić information content (AvgIpc) is 3.39. The topological polar surface area (TPSA) is 47.3 Å². The molecule has 1 amide bonds. The van der Waals surface area contributed by atoms with Crippen LogP contribution in [0.3, 0.4) is 0 Å². The lowest BCUT2D eigenvalue weighted by Gasteiger charge is -2.24. The maximum Gasteiger partial charge on any atom is 0.417 e. The van der Waals surface area contributed by atoms with Gasteiger partial charge in [0, 0.05) is 37.8 Å². The van der Waals surface area contributed by atoms with Crippen molar-refractivity contribution in [1.82, 2.24) is 4.90 Å². The monoisotopic (exact) mass is 337 g/mol. The lowest BCUT2D eigenvalue weighted by atomic mass is 10.1. The van der Waals surface area contributed by atoms with Gasteiger partial charge in [0.15, 0.2) is 0 Å². The van der Waals surface area contributed by atoms with Crippen molar-refractivity contribution >= 4 is 11.6 Å². The van der Waals surface area contributed by atoms with Crippen LogP contribution in [0.2, 0.25) is 0 Å². The minimum absolute atomic E-state index is 0.156. The van der Waals surface area contributed by atoms with Crippen LogP contribution in [0.25, 0.3) is 0 Å². The molecule has 0 N–H and O–H groups in total. The van der Waals surface area contributed by atoms with E-state index in [0.717, 1.165) is 25.3 Å². The van der Waals surface area contributed by atoms with E-state index in [1.807, 2.05) is 9.80 Å². The molecule has 0 unspecified atom stereocenters. The molecule has 0 atom stereocenters. The summed E-state index contributed by atoms with van der Waals surface area (Å²) in [6.07, 6.45) is -1.94. The van der Waals surface area contributed by atoms with Crippen molar-refractivity contribution in [2.45, 2.75) is 25.4 Å². The van der Waals surface area contributed by atoms with Gasteiger partial charge in [0.2, 0.25) is 5.91 Å². The van der Waals surface area contributed by atoms with E-state index < -0.39 is 11.7 Å². The molecule has 24 heavy (non-hydrogen) atoms. The highest BCUT2D eigenvalue weighted by atomic mass is 19.4. The highest BCUT2D eigenvalue weighted by Gasteiger charge is 2.35. The molecular formula is C17H18F3N3O. The molecule has 1 heterocycles. The number of nitriles is 1. The van der Waals surface area contributed by atoms with Crippen LogP contribution in [0, 0.1) is 17.2 Å². The fourth-order valence-electron chi connectivity index (χ4n) is 3.05. The number of halogens is 3. The Morgan fingerprint density at radius 2 is 1.92 bits per heavy atom. The van der Waals surface area contributed by atoms with Crippen molar-refractivity contribution in [2.24, 2.45) is 5.92 Å². The number of nitrogens with zero attached hydrogens (tertiary/aromatic N) is 3. The Hall–Kier alpha value is -2.23. The van der Waals surface area contributed by atoms with Crippen LogP contribution in [-0.2, 0) is 11.0 Å². The summed E-state index contributed by atoms with van der Waals surface area (Å²) in [5, 5.41) is 8.87. The summed E-state index contributed by atoms with van der Waals surface area (Å²) in [5.41, 5.74) is -0.827. The fraction of sp³-hybridized carbons (Fsp3) is 0.529. The Kier molecular flexibility index (Phi) is 4.39. The van der Waals surface area contributed by atoms with E-state index in [0.29, 0.717) is 31.9 Å². The first-order valence-corrected chi connectivity index (χ1v) is 8.05. The highest BCUT2D eigenvalue weighted by molar-refractivity contribution is 5.81. The molecule has 0 spiro atoms. The molecule has 1 aromatic rings. The van der Waals surface area contributed by atoms with Crippen molar-refractivity contribution in [2.75, 3.05) is 31.1 Å². The zero-order valence-corrected chi connectivity index (χ0v) is 13.1. The largest absolute Gasteiger partial charge is 0.417 e. The Bertz CT molecular complexity index is 677. The van der Waals surface area contributed by atoms with Gasteiger partial charge >= 0.3 is 6.18 Å². The van der Waals surface area contributed by atoms with Crippen molar-refractivity contribution in [3.05, 3.63) is 29.3 Å². The van der Waals surface area contributed by atoms with E-state index in [2.05, 4.69) is 0 Å². The molecule has 1 aliphatic heterocycles. The first-order valence-electron chi connectivity index (χ1n) is 8.05. The highest BCUT2D eigenvalue weighted by Crippen LogP contribution is 2.35. The summed E-state index contributed by atoms with van der Waals surface area (Å²) < 4.78 is 39.3. The van der Waals surface area contributed by atoms with E-state index in [9.17, 15) is 18.0 Å². The third-order valence-corrected chi connectivity index (χ3v) is 4.53. The molecule has 1 saturated heterocycles. The summed E-state index contributed by atoms with van der Waals surface area (Å²) in [4.78, 5) is 15.8. The van der Waals surface area contributed by atoms with Crippen LogP contribution < -0.4 is 4.90 Å². The SMILES string of the molecule is N#Cc1ccc(N2CCCN(C(=O)C3CC3)CC2)cc1C(F)(F)F. The summed E-state index contributed by atoms with van der Waals surface area (Å²) in [6, 6.07) is 5.40. The molecule has 1 aliphatic carbocycles. The first-order chi connectivity index (χ1) is 11.4. The maximum absolute atomic E-state index is 13.1. The van der Waals surface area contributed by atoms with Crippen molar-refractivity contribution in [1.29, 1.82) is 5.26 Å². The lowest BCUT2D eigenvalue weighted by Crippen LogP contribution is -2.36. The second-order valence-electron chi connectivity index (χ2n) is 6.28. The second-order valence-corrected chi connectivity index (χ2v) is 6.28. The Labute approximate surface area is 138 Å². The van der Waals surface area contributed by atoms with Gasteiger partial charge in [-0.3, -0.25) is 4.79 Å². The van der Waals surface area contributed by atoms with E-state index in [1.54, 1.807) is 12.1 Å². The summed E-state index contributed by atoms with van der Waals surface area (Å²) in [5.74, 6) is 0.330. The van der Waals surface area contributed by atoms with E-state index >= 15 is 0 Å². The summed E-state index contributed by atoms with van der Waals surface area (Å²) >= 11 is 0. The molecule has 0 bridgehead atoms. The van der Waals surface area contributed by atoms with Gasteiger partial charge < -0.3 is 9.80 Å². The molecule has 0 radical (unpaired) electrons. The summed E-state index contributed by atoms with van der Waals surface area (Å²) in [6.45, 7) is 2.27. The number of benzene rings is 1. The first kappa shape index (κ1) is 16.6. The minimum Gasteiger partial charge on any atom is -0.370 e. The van der Waals surface area contributed by atoms with Crippen molar-refractivity contribution in [3.8, 4) is 6.07 Å². The van der Waals surface area contributed by atoms with Gasteiger partial charge in [-0.2, -0.15) is 18.4 Å². The predicted octanol–water partition coefficient (Wildman–Crippen LogP) is 3.03. The van der Waals surface area contributed by atoms with E-state index in [1.165, 1.54) is 6.07 Å². The standard InChI is InChI=1S/C17H18F3N3O/c18-17(19,20)15-10-14(5-4-13(15)11-21)22-6-1-7-23(9-8-22)16(24)12-2-3-12/h4-5,10,12H,1-3,6-9H2. The molecule has 2 fully saturated rings. The smallest absolute Gasteiger partial charge is 0.370 e. The molecule has 2 aliphatic rings. The number of hydrogen-bond donors (Lipinski definition) is 0. The van der Waals surface area contributed by atoms with Gasteiger partial charge in [-0.15, -0.1) is 0 Å². The zero-order valence-electron chi connectivity index (χ0n) is 13.1. The number of carbonyl (C=O) groups is 1. The molecule has 3 rings (SSSR count). The Morgan fingerprint density at radius 1 is 1.17 bits per heavy atom. The van der Waals surface area contributed by atoms with Gasteiger partial charge in [-0.1, -0.05) is 0 Å². The average molecular weight is 337 g/mol. The van der Waals surface area contributed by atoms with Crippen LogP contribution >= 0.6 is 0 Å².